The van der Waals surface area contributed by atoms with Crippen LogP contribution in [0.5, 0.6) is 17.4 Å². The minimum Gasteiger partial charge on any atom is -0.490 e. The Balaban J connectivity index is 1.79. The van der Waals surface area contributed by atoms with Crippen molar-refractivity contribution in [3.63, 3.8) is 0 Å². The largest absolute Gasteiger partial charge is 0.490 e. The Bertz CT molecular complexity index is 1170. The first-order chi connectivity index (χ1) is 14.9. The molecule has 0 amide bonds. The van der Waals surface area contributed by atoms with E-state index in [2.05, 4.69) is 9.97 Å². The summed E-state index contributed by atoms with van der Waals surface area (Å²) in [5.74, 6) is -0.384. The van der Waals surface area contributed by atoms with E-state index < -0.39 is 22.0 Å². The number of nitro groups is 1. The second-order valence-corrected chi connectivity index (χ2v) is 6.27. The second kappa shape index (κ2) is 9.53. The Morgan fingerprint density at radius 1 is 1.16 bits per heavy atom. The molecule has 31 heavy (non-hydrogen) atoms. The van der Waals surface area contributed by atoms with Gasteiger partial charge in [0.15, 0.2) is 11.5 Å². The Labute approximate surface area is 175 Å². The van der Waals surface area contributed by atoms with Gasteiger partial charge in [-0.2, -0.15) is 4.98 Å². The van der Waals surface area contributed by atoms with Crippen LogP contribution in [0.2, 0.25) is 0 Å². The lowest BCUT2D eigenvalue weighted by atomic mass is 10.2. The molecule has 0 saturated carbocycles. The zero-order valence-electron chi connectivity index (χ0n) is 16.4. The number of nitrogens with zero attached hydrogens (tertiary/aromatic N) is 2. The van der Waals surface area contributed by atoms with Crippen molar-refractivity contribution >= 4 is 17.8 Å². The first-order valence-corrected chi connectivity index (χ1v) is 9.17. The fourth-order valence-corrected chi connectivity index (χ4v) is 2.65. The van der Waals surface area contributed by atoms with Gasteiger partial charge in [0, 0.05) is 0 Å². The molecule has 3 aromatic rings. The molecule has 0 fully saturated rings. The number of H-pyrrole nitrogens is 1. The SMILES string of the molecule is CCOc1cc(/C=C/c2nc(O)c([N+](=O)[O-])c(=O)[nH]2)ccc1OCc1ccc(F)cc1. The van der Waals surface area contributed by atoms with Crippen LogP contribution in [-0.2, 0) is 6.61 Å². The third-order valence-electron chi connectivity index (χ3n) is 4.09. The highest BCUT2D eigenvalue weighted by molar-refractivity contribution is 5.68. The van der Waals surface area contributed by atoms with E-state index in [-0.39, 0.29) is 18.2 Å². The number of hydrogen-bond acceptors (Lipinski definition) is 7. The van der Waals surface area contributed by atoms with Gasteiger partial charge in [0.1, 0.15) is 18.2 Å². The minimum absolute atomic E-state index is 0.0531. The summed E-state index contributed by atoms with van der Waals surface area (Å²) in [6, 6.07) is 11.1. The number of halogens is 1. The number of benzene rings is 2. The molecule has 2 aromatic carbocycles. The highest BCUT2D eigenvalue weighted by atomic mass is 19.1. The van der Waals surface area contributed by atoms with Crippen molar-refractivity contribution in [3.8, 4) is 17.4 Å². The summed E-state index contributed by atoms with van der Waals surface area (Å²) in [6.45, 7) is 2.44. The number of nitrogens with one attached hydrogen (secondary N) is 1. The zero-order chi connectivity index (χ0) is 22.4. The first-order valence-electron chi connectivity index (χ1n) is 9.17. The fourth-order valence-electron chi connectivity index (χ4n) is 2.65. The molecular weight excluding hydrogens is 409 g/mol. The molecule has 0 bridgehead atoms. The van der Waals surface area contributed by atoms with Crippen LogP contribution in [0.1, 0.15) is 23.9 Å². The van der Waals surface area contributed by atoms with Gasteiger partial charge in [-0.1, -0.05) is 24.3 Å². The van der Waals surface area contributed by atoms with E-state index in [1.54, 1.807) is 36.4 Å². The molecule has 9 nitrogen and oxygen atoms in total. The van der Waals surface area contributed by atoms with Crippen molar-refractivity contribution in [1.82, 2.24) is 9.97 Å². The highest BCUT2D eigenvalue weighted by Crippen LogP contribution is 2.30. The Kier molecular flexibility index (Phi) is 6.61. The van der Waals surface area contributed by atoms with E-state index in [9.17, 15) is 24.4 Å². The zero-order valence-corrected chi connectivity index (χ0v) is 16.4. The summed E-state index contributed by atoms with van der Waals surface area (Å²) in [6.07, 6.45) is 2.96. The van der Waals surface area contributed by atoms with Gasteiger partial charge in [0.05, 0.1) is 11.5 Å². The predicted octanol–water partition coefficient (Wildman–Crippen LogP) is 3.67. The molecule has 3 rings (SSSR count). The van der Waals surface area contributed by atoms with E-state index in [0.29, 0.717) is 23.7 Å². The summed E-state index contributed by atoms with van der Waals surface area (Å²) < 4.78 is 24.4. The topological polar surface area (TPSA) is 128 Å². The maximum atomic E-state index is 13.0. The minimum atomic E-state index is -1.06. The molecule has 160 valence electrons. The number of aromatic nitrogens is 2. The molecule has 0 aliphatic carbocycles. The second-order valence-electron chi connectivity index (χ2n) is 6.27. The van der Waals surface area contributed by atoms with Crippen molar-refractivity contribution in [2.45, 2.75) is 13.5 Å². The van der Waals surface area contributed by atoms with Crippen molar-refractivity contribution in [1.29, 1.82) is 0 Å². The fraction of sp³-hybridized carbons (Fsp3) is 0.143. The molecule has 0 aliphatic heterocycles. The molecule has 0 atom stereocenters. The normalized spacial score (nSPS) is 10.9. The molecular formula is C21H18FN3O6. The van der Waals surface area contributed by atoms with Crippen molar-refractivity contribution in [2.75, 3.05) is 6.61 Å². The van der Waals surface area contributed by atoms with Gasteiger partial charge in [-0.05, 0) is 48.4 Å². The van der Waals surface area contributed by atoms with Gasteiger partial charge in [0.2, 0.25) is 0 Å². The van der Waals surface area contributed by atoms with Gasteiger partial charge >= 0.3 is 11.2 Å². The first kappa shape index (κ1) is 21.5. The molecule has 0 spiro atoms. The van der Waals surface area contributed by atoms with Gasteiger partial charge < -0.3 is 19.6 Å². The standard InChI is InChI=1S/C21H18FN3O6/c1-2-30-17-11-13(5-9-16(17)31-12-14-3-7-15(22)8-4-14)6-10-18-23-20(26)19(25(28)29)21(27)24-18/h3-11H,2,12H2,1H3,(H2,23,24,26,27)/b10-6+. The van der Waals surface area contributed by atoms with E-state index >= 15 is 0 Å². The smallest absolute Gasteiger partial charge is 0.395 e. The van der Waals surface area contributed by atoms with Crippen LogP contribution >= 0.6 is 0 Å². The van der Waals surface area contributed by atoms with Gasteiger partial charge in [-0.25, -0.2) is 4.39 Å². The highest BCUT2D eigenvalue weighted by Gasteiger charge is 2.21. The third kappa shape index (κ3) is 5.44. The summed E-state index contributed by atoms with van der Waals surface area (Å²) >= 11 is 0. The molecule has 1 aromatic heterocycles. The van der Waals surface area contributed by atoms with Crippen LogP contribution in [0.4, 0.5) is 10.1 Å². The predicted molar refractivity (Wildman–Crippen MR) is 110 cm³/mol. The molecule has 0 unspecified atom stereocenters. The monoisotopic (exact) mass is 427 g/mol. The quantitative estimate of drug-likeness (QED) is 0.415. The van der Waals surface area contributed by atoms with Crippen molar-refractivity contribution < 1.29 is 23.9 Å². The Morgan fingerprint density at radius 2 is 1.90 bits per heavy atom. The van der Waals surface area contributed by atoms with Crippen molar-refractivity contribution in [2.24, 2.45) is 0 Å². The van der Waals surface area contributed by atoms with Crippen LogP contribution < -0.4 is 15.0 Å². The summed E-state index contributed by atoms with van der Waals surface area (Å²) in [5.41, 5.74) is -0.617. The average Bonchev–Trinajstić information content (AvgIpc) is 2.72. The van der Waals surface area contributed by atoms with Crippen LogP contribution in [0.15, 0.2) is 47.3 Å². The molecule has 0 saturated heterocycles. The summed E-state index contributed by atoms with van der Waals surface area (Å²) in [7, 11) is 0. The number of hydrogen-bond donors (Lipinski definition) is 2. The lowest BCUT2D eigenvalue weighted by Crippen LogP contribution is -2.14. The van der Waals surface area contributed by atoms with Gasteiger partial charge in [-0.3, -0.25) is 14.9 Å². The maximum absolute atomic E-state index is 13.0. The van der Waals surface area contributed by atoms with Crippen molar-refractivity contribution in [3.05, 3.63) is 85.7 Å². The number of rotatable bonds is 8. The van der Waals surface area contributed by atoms with Crippen LogP contribution in [0.25, 0.3) is 12.2 Å². The van der Waals surface area contributed by atoms with Crippen LogP contribution in [-0.4, -0.2) is 26.6 Å². The number of ether oxygens (including phenoxy) is 2. The van der Waals surface area contributed by atoms with Crippen LogP contribution in [0.3, 0.4) is 0 Å². The number of aromatic hydroxyl groups is 1. The van der Waals surface area contributed by atoms with E-state index in [4.69, 9.17) is 9.47 Å². The van der Waals surface area contributed by atoms with E-state index in [1.807, 2.05) is 6.92 Å². The maximum Gasteiger partial charge on any atom is 0.395 e. The lowest BCUT2D eigenvalue weighted by molar-refractivity contribution is -0.387. The lowest BCUT2D eigenvalue weighted by Gasteiger charge is -2.13. The Morgan fingerprint density at radius 3 is 2.55 bits per heavy atom. The average molecular weight is 427 g/mol. The van der Waals surface area contributed by atoms with Crippen LogP contribution in [0, 0.1) is 15.9 Å². The van der Waals surface area contributed by atoms with E-state index in [0.717, 1.165) is 5.56 Å². The van der Waals surface area contributed by atoms with E-state index in [1.165, 1.54) is 18.2 Å². The van der Waals surface area contributed by atoms with Gasteiger partial charge in [-0.15, -0.1) is 0 Å². The number of aromatic amines is 1. The molecule has 2 N–H and O–H groups in total. The van der Waals surface area contributed by atoms with Gasteiger partial charge in [0.25, 0.3) is 5.88 Å². The Hall–Kier alpha value is -4.21. The molecule has 0 radical (unpaired) electrons. The summed E-state index contributed by atoms with van der Waals surface area (Å²) in [4.78, 5) is 27.3. The molecule has 0 aliphatic rings. The third-order valence-corrected chi connectivity index (χ3v) is 4.09. The molecule has 10 heteroatoms. The molecule has 1 heterocycles. The summed E-state index contributed by atoms with van der Waals surface area (Å²) in [5, 5.41) is 20.3.